The summed E-state index contributed by atoms with van der Waals surface area (Å²) in [5.74, 6) is 1.72. The third-order valence-corrected chi connectivity index (χ3v) is 6.59. The second-order valence-electron chi connectivity index (χ2n) is 8.73. The summed E-state index contributed by atoms with van der Waals surface area (Å²) in [6.45, 7) is 7.21. The largest absolute Gasteiger partial charge is 0.497 e. The number of aromatic nitrogens is 4. The molecule has 9 heteroatoms. The molecule has 0 unspecified atom stereocenters. The highest BCUT2D eigenvalue weighted by Crippen LogP contribution is 2.21. The van der Waals surface area contributed by atoms with E-state index in [0.717, 1.165) is 63.6 Å². The Balaban J connectivity index is 1.56. The van der Waals surface area contributed by atoms with E-state index in [9.17, 15) is 9.59 Å². The summed E-state index contributed by atoms with van der Waals surface area (Å²) in [6.07, 6.45) is 3.17. The maximum atomic E-state index is 13.0. The zero-order valence-electron chi connectivity index (χ0n) is 20.1. The Hall–Kier alpha value is -3.07. The maximum Gasteiger partial charge on any atom is 0.332 e. The van der Waals surface area contributed by atoms with Crippen LogP contribution in [0.2, 0.25) is 0 Å². The third-order valence-electron chi connectivity index (χ3n) is 6.59. The predicted molar refractivity (Wildman–Crippen MR) is 130 cm³/mol. The van der Waals surface area contributed by atoms with Gasteiger partial charge in [-0.05, 0) is 30.7 Å². The summed E-state index contributed by atoms with van der Waals surface area (Å²) in [4.78, 5) is 34.9. The highest BCUT2D eigenvalue weighted by atomic mass is 16.5. The van der Waals surface area contributed by atoms with Gasteiger partial charge in [-0.1, -0.05) is 19.8 Å². The van der Waals surface area contributed by atoms with Crippen molar-refractivity contribution in [1.29, 1.82) is 0 Å². The smallest absolute Gasteiger partial charge is 0.332 e. The predicted octanol–water partition coefficient (Wildman–Crippen LogP) is 1.95. The monoisotopic (exact) mass is 454 g/mol. The molecule has 4 rings (SSSR count). The van der Waals surface area contributed by atoms with E-state index in [4.69, 9.17) is 9.72 Å². The molecule has 1 fully saturated rings. The molecular weight excluding hydrogens is 420 g/mol. The Morgan fingerprint density at radius 1 is 0.970 bits per heavy atom. The van der Waals surface area contributed by atoms with Crippen LogP contribution in [0.3, 0.4) is 0 Å². The minimum Gasteiger partial charge on any atom is -0.497 e. The van der Waals surface area contributed by atoms with E-state index < -0.39 is 0 Å². The molecule has 0 aliphatic carbocycles. The zero-order chi connectivity index (χ0) is 23.5. The number of ether oxygens (including phenoxy) is 1. The Kier molecular flexibility index (Phi) is 6.88. The zero-order valence-corrected chi connectivity index (χ0v) is 20.1. The number of hydrogen-bond donors (Lipinski definition) is 0. The molecule has 0 saturated carbocycles. The first-order chi connectivity index (χ1) is 15.9. The molecule has 33 heavy (non-hydrogen) atoms. The van der Waals surface area contributed by atoms with Gasteiger partial charge in [-0.2, -0.15) is 0 Å². The van der Waals surface area contributed by atoms with E-state index in [1.807, 2.05) is 16.7 Å². The number of piperazine rings is 1. The number of rotatable bonds is 8. The van der Waals surface area contributed by atoms with E-state index in [-0.39, 0.29) is 11.2 Å². The van der Waals surface area contributed by atoms with Crippen molar-refractivity contribution >= 4 is 16.9 Å². The van der Waals surface area contributed by atoms with Gasteiger partial charge in [-0.15, -0.1) is 0 Å². The molecule has 0 spiro atoms. The Morgan fingerprint density at radius 3 is 2.30 bits per heavy atom. The van der Waals surface area contributed by atoms with Crippen molar-refractivity contribution in [3.8, 4) is 5.75 Å². The number of fused-ring (bicyclic) bond motifs is 1. The van der Waals surface area contributed by atoms with Crippen LogP contribution in [0.5, 0.6) is 5.75 Å². The van der Waals surface area contributed by atoms with Gasteiger partial charge in [0.15, 0.2) is 11.2 Å². The van der Waals surface area contributed by atoms with Crippen LogP contribution in [0, 0.1) is 0 Å². The van der Waals surface area contributed by atoms with Crippen molar-refractivity contribution < 1.29 is 4.74 Å². The normalized spacial score (nSPS) is 14.8. The minimum atomic E-state index is -0.342. The molecule has 9 nitrogen and oxygen atoms in total. The van der Waals surface area contributed by atoms with Gasteiger partial charge in [0.1, 0.15) is 11.6 Å². The molecule has 0 radical (unpaired) electrons. The molecule has 1 aromatic carbocycles. The second-order valence-corrected chi connectivity index (χ2v) is 8.73. The van der Waals surface area contributed by atoms with Crippen molar-refractivity contribution in [1.82, 2.24) is 23.6 Å². The molecule has 1 saturated heterocycles. The fourth-order valence-electron chi connectivity index (χ4n) is 4.53. The Morgan fingerprint density at radius 2 is 1.67 bits per heavy atom. The number of hydrogen-bond acceptors (Lipinski definition) is 6. The van der Waals surface area contributed by atoms with Crippen LogP contribution in [-0.2, 0) is 27.2 Å². The fourth-order valence-corrected chi connectivity index (χ4v) is 4.53. The third kappa shape index (κ3) is 4.55. The van der Waals surface area contributed by atoms with Crippen molar-refractivity contribution in [2.75, 3.05) is 38.2 Å². The molecule has 3 heterocycles. The maximum absolute atomic E-state index is 13.0. The SMILES string of the molecule is CCCCCn1c(CN2CCN(c3ccc(OC)cc3)CC2)nc2c1c(=O)n(C)c(=O)n2C. The van der Waals surface area contributed by atoms with Crippen LogP contribution in [0.25, 0.3) is 11.2 Å². The summed E-state index contributed by atoms with van der Waals surface area (Å²) >= 11 is 0. The van der Waals surface area contributed by atoms with Crippen LogP contribution < -0.4 is 20.9 Å². The molecule has 2 aromatic heterocycles. The number of methoxy groups -OCH3 is 1. The van der Waals surface area contributed by atoms with Gasteiger partial charge < -0.3 is 14.2 Å². The van der Waals surface area contributed by atoms with Gasteiger partial charge in [-0.25, -0.2) is 9.78 Å². The molecule has 0 atom stereocenters. The van der Waals surface area contributed by atoms with Crippen LogP contribution in [0.15, 0.2) is 33.9 Å². The number of anilines is 1. The minimum absolute atomic E-state index is 0.271. The van der Waals surface area contributed by atoms with Crippen molar-refractivity contribution in [3.05, 3.63) is 50.9 Å². The van der Waals surface area contributed by atoms with Gasteiger partial charge >= 0.3 is 5.69 Å². The summed E-state index contributed by atoms with van der Waals surface area (Å²) in [5.41, 5.74) is 1.59. The first-order valence-electron chi connectivity index (χ1n) is 11.7. The highest BCUT2D eigenvalue weighted by molar-refractivity contribution is 5.71. The van der Waals surface area contributed by atoms with Gasteiger partial charge in [0.25, 0.3) is 5.56 Å². The molecule has 0 amide bonds. The number of benzene rings is 1. The molecule has 0 N–H and O–H groups in total. The first-order valence-corrected chi connectivity index (χ1v) is 11.7. The summed E-state index contributed by atoms with van der Waals surface area (Å²) in [7, 11) is 4.90. The molecule has 1 aliphatic rings. The molecular formula is C24H34N6O3. The van der Waals surface area contributed by atoms with E-state index in [1.54, 1.807) is 14.2 Å². The lowest BCUT2D eigenvalue weighted by atomic mass is 10.2. The molecule has 1 aliphatic heterocycles. The van der Waals surface area contributed by atoms with Crippen molar-refractivity contribution in [2.24, 2.45) is 14.1 Å². The quantitative estimate of drug-likeness (QED) is 0.484. The second kappa shape index (κ2) is 9.82. The lowest BCUT2D eigenvalue weighted by Crippen LogP contribution is -2.46. The summed E-state index contributed by atoms with van der Waals surface area (Å²) in [6, 6.07) is 8.17. The number of aryl methyl sites for hydroxylation is 2. The highest BCUT2D eigenvalue weighted by Gasteiger charge is 2.23. The van der Waals surface area contributed by atoms with Crippen molar-refractivity contribution in [3.63, 3.8) is 0 Å². The average molecular weight is 455 g/mol. The van der Waals surface area contributed by atoms with E-state index in [2.05, 4.69) is 28.9 Å². The van der Waals surface area contributed by atoms with E-state index in [0.29, 0.717) is 17.7 Å². The summed E-state index contributed by atoms with van der Waals surface area (Å²) < 4.78 is 9.97. The Bertz CT molecular complexity index is 1220. The van der Waals surface area contributed by atoms with Gasteiger partial charge in [-0.3, -0.25) is 18.8 Å². The van der Waals surface area contributed by atoms with Crippen LogP contribution in [0.4, 0.5) is 5.69 Å². The lowest BCUT2D eigenvalue weighted by molar-refractivity contribution is 0.241. The average Bonchev–Trinajstić information content (AvgIpc) is 3.20. The molecule has 3 aromatic rings. The van der Waals surface area contributed by atoms with Gasteiger partial charge in [0.2, 0.25) is 0 Å². The molecule has 0 bridgehead atoms. The van der Waals surface area contributed by atoms with Crippen LogP contribution in [-0.4, -0.2) is 56.9 Å². The van der Waals surface area contributed by atoms with Crippen LogP contribution in [0.1, 0.15) is 32.0 Å². The van der Waals surface area contributed by atoms with Gasteiger partial charge in [0.05, 0.1) is 13.7 Å². The Labute approximate surface area is 193 Å². The van der Waals surface area contributed by atoms with E-state index >= 15 is 0 Å². The lowest BCUT2D eigenvalue weighted by Gasteiger charge is -2.36. The summed E-state index contributed by atoms with van der Waals surface area (Å²) in [5, 5.41) is 0. The number of unbranched alkanes of at least 4 members (excludes halogenated alkanes) is 2. The van der Waals surface area contributed by atoms with Crippen molar-refractivity contribution in [2.45, 2.75) is 39.3 Å². The van der Waals surface area contributed by atoms with E-state index in [1.165, 1.54) is 21.9 Å². The van der Waals surface area contributed by atoms with Crippen LogP contribution >= 0.6 is 0 Å². The topological polar surface area (TPSA) is 77.5 Å². The van der Waals surface area contributed by atoms with Gasteiger partial charge in [0, 0.05) is 52.5 Å². The number of imidazole rings is 1. The first kappa shape index (κ1) is 23.1. The number of nitrogens with zero attached hydrogens (tertiary/aromatic N) is 6. The fraction of sp³-hybridized carbons (Fsp3) is 0.542. The molecule has 178 valence electrons. The standard InChI is InChI=1S/C24H34N6O3/c1-5-6-7-12-30-20(25-22-21(30)23(31)27(3)24(32)26(22)2)17-28-13-15-29(16-14-28)18-8-10-19(33-4)11-9-18/h8-11H,5-7,12-17H2,1-4H3.